The van der Waals surface area contributed by atoms with Gasteiger partial charge in [-0.1, -0.05) is 0 Å². The number of sulfonamides is 1. The van der Waals surface area contributed by atoms with Crippen molar-refractivity contribution in [3.05, 3.63) is 23.8 Å². The van der Waals surface area contributed by atoms with E-state index in [1.165, 1.54) is 0 Å². The number of rotatable bonds is 2. The van der Waals surface area contributed by atoms with Gasteiger partial charge in [-0.15, -0.1) is 0 Å². The van der Waals surface area contributed by atoms with Crippen molar-refractivity contribution >= 4 is 15.7 Å². The summed E-state index contributed by atoms with van der Waals surface area (Å²) in [6.07, 6.45) is -0.787. The zero-order chi connectivity index (χ0) is 12.8. The van der Waals surface area contributed by atoms with E-state index in [-0.39, 0.29) is 18.8 Å². The fourth-order valence-corrected chi connectivity index (χ4v) is 3.17. The summed E-state index contributed by atoms with van der Waals surface area (Å²) < 4.78 is 51.3. The highest BCUT2D eigenvalue weighted by Gasteiger charge is 2.38. The van der Waals surface area contributed by atoms with Gasteiger partial charge < -0.3 is 10.8 Å². The summed E-state index contributed by atoms with van der Waals surface area (Å²) in [5, 5.41) is 9.00. The lowest BCUT2D eigenvalue weighted by Crippen LogP contribution is -2.53. The maximum absolute atomic E-state index is 13.4. The Bertz CT molecular complexity index is 532. The minimum absolute atomic E-state index is 0.161. The Morgan fingerprint density at radius 3 is 2.18 bits per heavy atom. The first-order chi connectivity index (χ1) is 7.82. The van der Waals surface area contributed by atoms with E-state index in [9.17, 15) is 17.2 Å². The average Bonchev–Trinajstić information content (AvgIpc) is 2.10. The molecule has 0 atom stereocenters. The molecule has 0 unspecified atom stereocenters. The number of aliphatic hydroxyl groups is 1. The molecule has 8 heteroatoms. The standard InChI is InChI=1S/C9H10F2N2O3S/c10-7-1-5(12)2-8(11)9(7)17(15,16)13-3-6(14)4-13/h1-2,6,14H,3-4,12H2. The third-order valence-corrected chi connectivity index (χ3v) is 4.33. The number of benzene rings is 1. The van der Waals surface area contributed by atoms with Crippen molar-refractivity contribution in [2.75, 3.05) is 18.8 Å². The van der Waals surface area contributed by atoms with Crippen LogP contribution >= 0.6 is 0 Å². The second-order valence-electron chi connectivity index (χ2n) is 3.79. The van der Waals surface area contributed by atoms with Crippen LogP contribution in [0.15, 0.2) is 17.0 Å². The van der Waals surface area contributed by atoms with Gasteiger partial charge >= 0.3 is 0 Å². The average molecular weight is 264 g/mol. The summed E-state index contributed by atoms with van der Waals surface area (Å²) in [4.78, 5) is -1.03. The van der Waals surface area contributed by atoms with E-state index in [0.717, 1.165) is 16.4 Å². The molecule has 0 radical (unpaired) electrons. The Labute approximate surface area is 96.5 Å². The summed E-state index contributed by atoms with van der Waals surface area (Å²) >= 11 is 0. The molecule has 1 fully saturated rings. The van der Waals surface area contributed by atoms with Gasteiger partial charge in [0.2, 0.25) is 10.0 Å². The topological polar surface area (TPSA) is 83.6 Å². The van der Waals surface area contributed by atoms with E-state index in [1.807, 2.05) is 0 Å². The highest BCUT2D eigenvalue weighted by molar-refractivity contribution is 7.89. The van der Waals surface area contributed by atoms with Crippen LogP contribution in [0.2, 0.25) is 0 Å². The maximum atomic E-state index is 13.4. The van der Waals surface area contributed by atoms with E-state index in [4.69, 9.17) is 10.8 Å². The number of nitrogens with two attached hydrogens (primary N) is 1. The van der Waals surface area contributed by atoms with Gasteiger partial charge in [-0.25, -0.2) is 17.2 Å². The fraction of sp³-hybridized carbons (Fsp3) is 0.333. The Balaban J connectivity index is 2.47. The van der Waals surface area contributed by atoms with E-state index in [1.54, 1.807) is 0 Å². The third-order valence-electron chi connectivity index (χ3n) is 2.45. The first kappa shape index (κ1) is 12.2. The molecule has 0 saturated carbocycles. The van der Waals surface area contributed by atoms with E-state index >= 15 is 0 Å². The summed E-state index contributed by atoms with van der Waals surface area (Å²) in [6, 6.07) is 1.48. The summed E-state index contributed by atoms with van der Waals surface area (Å²) in [5.74, 6) is -2.47. The van der Waals surface area contributed by atoms with Crippen LogP contribution in [0.3, 0.4) is 0 Å². The molecular weight excluding hydrogens is 254 g/mol. The lowest BCUT2D eigenvalue weighted by atomic mass is 10.2. The molecule has 1 saturated heterocycles. The van der Waals surface area contributed by atoms with Crippen molar-refractivity contribution in [2.24, 2.45) is 0 Å². The molecule has 0 aromatic heterocycles. The molecule has 17 heavy (non-hydrogen) atoms. The van der Waals surface area contributed by atoms with Crippen molar-refractivity contribution in [3.63, 3.8) is 0 Å². The van der Waals surface area contributed by atoms with E-state index < -0.39 is 32.7 Å². The molecule has 5 nitrogen and oxygen atoms in total. The van der Waals surface area contributed by atoms with Crippen LogP contribution in [-0.2, 0) is 10.0 Å². The van der Waals surface area contributed by atoms with Gasteiger partial charge in [0.1, 0.15) is 11.6 Å². The molecular formula is C9H10F2N2O3S. The van der Waals surface area contributed by atoms with Crippen LogP contribution in [-0.4, -0.2) is 37.0 Å². The largest absolute Gasteiger partial charge is 0.399 e. The van der Waals surface area contributed by atoms with Crippen molar-refractivity contribution in [3.8, 4) is 0 Å². The Morgan fingerprint density at radius 1 is 1.29 bits per heavy atom. The molecule has 0 spiro atoms. The smallest absolute Gasteiger partial charge is 0.249 e. The molecule has 2 rings (SSSR count). The summed E-state index contributed by atoms with van der Waals surface area (Å²) in [6.45, 7) is -0.322. The molecule has 0 aliphatic carbocycles. The fourth-order valence-electron chi connectivity index (χ4n) is 1.57. The minimum Gasteiger partial charge on any atom is -0.399 e. The number of β-amino-alcohol motifs (C(OH)–C–C–N with tert-alkyl or cyclic N) is 1. The number of nitrogen functional groups attached to an aromatic ring is 1. The van der Waals surface area contributed by atoms with Gasteiger partial charge in [-0.3, -0.25) is 0 Å². The Morgan fingerprint density at radius 2 is 1.76 bits per heavy atom. The summed E-state index contributed by atoms with van der Waals surface area (Å²) in [5.41, 5.74) is 5.00. The molecule has 1 aromatic rings. The van der Waals surface area contributed by atoms with Crippen molar-refractivity contribution < 1.29 is 22.3 Å². The van der Waals surface area contributed by atoms with Crippen LogP contribution in [0.5, 0.6) is 0 Å². The van der Waals surface area contributed by atoms with Crippen molar-refractivity contribution in [1.82, 2.24) is 4.31 Å². The SMILES string of the molecule is Nc1cc(F)c(S(=O)(=O)N2CC(O)C2)c(F)c1. The summed E-state index contributed by atoms with van der Waals surface area (Å²) in [7, 11) is -4.25. The lowest BCUT2D eigenvalue weighted by molar-refractivity contribution is 0.0545. The van der Waals surface area contributed by atoms with Crippen LogP contribution in [0.4, 0.5) is 14.5 Å². The number of halogens is 2. The van der Waals surface area contributed by atoms with Crippen LogP contribution in [0, 0.1) is 11.6 Å². The number of nitrogens with zero attached hydrogens (tertiary/aromatic N) is 1. The molecule has 1 aliphatic rings. The highest BCUT2D eigenvalue weighted by atomic mass is 32.2. The quantitative estimate of drug-likeness (QED) is 0.731. The van der Waals surface area contributed by atoms with Gasteiger partial charge in [0.25, 0.3) is 0 Å². The van der Waals surface area contributed by atoms with Gasteiger partial charge in [-0.2, -0.15) is 4.31 Å². The predicted octanol–water partition coefficient (Wildman–Crippen LogP) is -0.0878. The normalized spacial score (nSPS) is 18.1. The lowest BCUT2D eigenvalue weighted by Gasteiger charge is -2.34. The first-order valence-corrected chi connectivity index (χ1v) is 6.19. The number of aliphatic hydroxyl groups excluding tert-OH is 1. The number of hydrogen-bond acceptors (Lipinski definition) is 4. The maximum Gasteiger partial charge on any atom is 0.249 e. The van der Waals surface area contributed by atoms with Gasteiger partial charge in [0, 0.05) is 18.8 Å². The van der Waals surface area contributed by atoms with Crippen LogP contribution in [0.25, 0.3) is 0 Å². The molecule has 94 valence electrons. The Hall–Kier alpha value is -1.25. The molecule has 1 aromatic carbocycles. The van der Waals surface area contributed by atoms with Gasteiger partial charge in [0.15, 0.2) is 4.90 Å². The van der Waals surface area contributed by atoms with Crippen molar-refractivity contribution in [2.45, 2.75) is 11.0 Å². The molecule has 1 heterocycles. The monoisotopic (exact) mass is 264 g/mol. The van der Waals surface area contributed by atoms with Crippen LogP contribution < -0.4 is 5.73 Å². The second kappa shape index (κ2) is 3.90. The van der Waals surface area contributed by atoms with Gasteiger partial charge in [0.05, 0.1) is 6.10 Å². The Kier molecular flexibility index (Phi) is 2.80. The van der Waals surface area contributed by atoms with Crippen LogP contribution in [0.1, 0.15) is 0 Å². The molecule has 3 N–H and O–H groups in total. The molecule has 1 aliphatic heterocycles. The highest BCUT2D eigenvalue weighted by Crippen LogP contribution is 2.27. The third kappa shape index (κ3) is 1.99. The molecule has 0 bridgehead atoms. The predicted molar refractivity (Wildman–Crippen MR) is 55.5 cm³/mol. The second-order valence-corrected chi connectivity index (χ2v) is 5.66. The zero-order valence-electron chi connectivity index (χ0n) is 8.60. The van der Waals surface area contributed by atoms with Crippen molar-refractivity contribution in [1.29, 1.82) is 0 Å². The first-order valence-electron chi connectivity index (χ1n) is 4.75. The zero-order valence-corrected chi connectivity index (χ0v) is 9.42. The van der Waals surface area contributed by atoms with E-state index in [2.05, 4.69) is 0 Å². The number of anilines is 1. The number of hydrogen-bond donors (Lipinski definition) is 2. The van der Waals surface area contributed by atoms with E-state index in [0.29, 0.717) is 0 Å². The van der Waals surface area contributed by atoms with Gasteiger partial charge in [-0.05, 0) is 12.1 Å². The minimum atomic E-state index is -4.25. The molecule has 0 amide bonds.